The molecule has 0 N–H and O–H groups in total. The summed E-state index contributed by atoms with van der Waals surface area (Å²) in [6.07, 6.45) is 5.24. The Morgan fingerprint density at radius 2 is 1.56 bits per heavy atom. The Balaban J connectivity index is 1.29. The summed E-state index contributed by atoms with van der Waals surface area (Å²) in [5.74, 6) is 3.62. The minimum Gasteiger partial charge on any atom is -0.457 e. The monoisotopic (exact) mass is 632 g/mol. The van der Waals surface area contributed by atoms with Crippen molar-refractivity contribution in [2.45, 2.75) is 66.7 Å². The summed E-state index contributed by atoms with van der Waals surface area (Å²) < 4.78 is 10.9. The van der Waals surface area contributed by atoms with Crippen molar-refractivity contribution < 1.29 is 4.74 Å². The van der Waals surface area contributed by atoms with Gasteiger partial charge in [-0.2, -0.15) is 5.10 Å². The Labute approximate surface area is 283 Å². The van der Waals surface area contributed by atoms with Crippen LogP contribution in [0, 0.1) is 19.8 Å². The third kappa shape index (κ3) is 6.01. The Morgan fingerprint density at radius 1 is 0.750 bits per heavy atom. The molecule has 7 rings (SSSR count). The highest BCUT2D eigenvalue weighted by Crippen LogP contribution is 2.37. The van der Waals surface area contributed by atoms with E-state index in [1.54, 1.807) is 0 Å². The van der Waals surface area contributed by atoms with E-state index in [4.69, 9.17) is 14.8 Å². The third-order valence-corrected chi connectivity index (χ3v) is 9.64. The van der Waals surface area contributed by atoms with E-state index >= 15 is 0 Å². The molecule has 0 radical (unpaired) electrons. The molecule has 242 valence electrons. The number of aryl methyl sites for hydroxylation is 2. The molecular weight excluding hydrogens is 589 g/mol. The zero-order valence-corrected chi connectivity index (χ0v) is 28.9. The lowest BCUT2D eigenvalue weighted by molar-refractivity contribution is 0.482. The number of hydrogen-bond donors (Lipinski definition) is 0. The van der Waals surface area contributed by atoms with E-state index in [2.05, 4.69) is 131 Å². The van der Waals surface area contributed by atoms with Crippen LogP contribution in [0.15, 0.2) is 109 Å². The van der Waals surface area contributed by atoms with Crippen LogP contribution < -0.4 is 4.74 Å². The smallest absolute Gasteiger partial charge is 0.137 e. The van der Waals surface area contributed by atoms with Crippen LogP contribution in [-0.4, -0.2) is 19.3 Å². The maximum Gasteiger partial charge on any atom is 0.137 e. The number of fused-ring (bicyclic) bond motifs is 3. The van der Waals surface area contributed by atoms with Gasteiger partial charge < -0.3 is 4.74 Å². The summed E-state index contributed by atoms with van der Waals surface area (Å²) >= 11 is 0. The van der Waals surface area contributed by atoms with Crippen LogP contribution in [0.5, 0.6) is 11.5 Å². The Bertz CT molecular complexity index is 2220. The second-order valence-electron chi connectivity index (χ2n) is 13.5. The lowest BCUT2D eigenvalue weighted by Gasteiger charge is -2.12. The molecule has 3 aromatic heterocycles. The molecule has 0 aliphatic heterocycles. The fourth-order valence-corrected chi connectivity index (χ4v) is 6.80. The van der Waals surface area contributed by atoms with E-state index in [1.165, 1.54) is 33.0 Å². The maximum atomic E-state index is 6.59. The van der Waals surface area contributed by atoms with Gasteiger partial charge in [-0.05, 0) is 110 Å². The molecular formula is C43H44N4O. The van der Waals surface area contributed by atoms with E-state index in [-0.39, 0.29) is 0 Å². The first-order valence-electron chi connectivity index (χ1n) is 17.2. The van der Waals surface area contributed by atoms with Crippen molar-refractivity contribution in [2.75, 3.05) is 0 Å². The fraction of sp³-hybridized carbons (Fsp3) is 0.256. The summed E-state index contributed by atoms with van der Waals surface area (Å²) in [6, 6.07) is 36.4. The van der Waals surface area contributed by atoms with E-state index < -0.39 is 0 Å². The lowest BCUT2D eigenvalue weighted by Crippen LogP contribution is -2.00. The predicted molar refractivity (Wildman–Crippen MR) is 199 cm³/mol. The van der Waals surface area contributed by atoms with Crippen LogP contribution in [0.25, 0.3) is 44.4 Å². The number of pyridine rings is 1. The molecule has 0 amide bonds. The third-order valence-electron chi connectivity index (χ3n) is 9.64. The molecule has 0 bridgehead atoms. The molecule has 0 aliphatic rings. The van der Waals surface area contributed by atoms with Crippen LogP contribution in [0.4, 0.5) is 0 Å². The maximum absolute atomic E-state index is 6.59. The second kappa shape index (κ2) is 13.2. The molecule has 0 fully saturated rings. The molecule has 48 heavy (non-hydrogen) atoms. The van der Waals surface area contributed by atoms with Crippen molar-refractivity contribution in [2.24, 2.45) is 5.92 Å². The highest BCUT2D eigenvalue weighted by Gasteiger charge is 2.18. The van der Waals surface area contributed by atoms with Crippen molar-refractivity contribution in [3.05, 3.63) is 132 Å². The van der Waals surface area contributed by atoms with Gasteiger partial charge in [-0.15, -0.1) is 0 Å². The minimum atomic E-state index is 0.492. The van der Waals surface area contributed by atoms with Crippen molar-refractivity contribution in [1.29, 1.82) is 0 Å². The van der Waals surface area contributed by atoms with Crippen molar-refractivity contribution in [3.8, 4) is 34.1 Å². The van der Waals surface area contributed by atoms with E-state index in [0.717, 1.165) is 64.7 Å². The second-order valence-corrected chi connectivity index (χ2v) is 13.5. The van der Waals surface area contributed by atoms with Gasteiger partial charge in [0, 0.05) is 40.4 Å². The summed E-state index contributed by atoms with van der Waals surface area (Å²) in [7, 11) is 0. The molecule has 1 atom stereocenters. The SMILES string of the molecule is CCC(C)c1ccc2c(c1)c1ccc(Oc3cccc(-n4nc(C)c(-c5ccccc5)c4C)c3)cc1n2-c1cc(CCC(C)C)ccn1. The highest BCUT2D eigenvalue weighted by atomic mass is 16.5. The Morgan fingerprint density at radius 3 is 2.35 bits per heavy atom. The highest BCUT2D eigenvalue weighted by molar-refractivity contribution is 6.09. The quantitative estimate of drug-likeness (QED) is 0.151. The average molecular weight is 633 g/mol. The van der Waals surface area contributed by atoms with Gasteiger partial charge in [-0.25, -0.2) is 9.67 Å². The topological polar surface area (TPSA) is 44.9 Å². The number of ether oxygens (including phenoxy) is 1. The number of aromatic nitrogens is 4. The van der Waals surface area contributed by atoms with Crippen LogP contribution in [0.1, 0.15) is 69.0 Å². The largest absolute Gasteiger partial charge is 0.457 e. The molecule has 7 aromatic rings. The molecule has 0 spiro atoms. The first-order chi connectivity index (χ1) is 23.3. The number of benzene rings is 4. The average Bonchev–Trinajstić information content (AvgIpc) is 3.59. The van der Waals surface area contributed by atoms with Gasteiger partial charge in [0.15, 0.2) is 0 Å². The van der Waals surface area contributed by atoms with Gasteiger partial charge in [-0.3, -0.25) is 4.57 Å². The molecule has 5 heteroatoms. The van der Waals surface area contributed by atoms with Crippen LogP contribution in [-0.2, 0) is 6.42 Å². The number of rotatable bonds is 10. The van der Waals surface area contributed by atoms with E-state index in [9.17, 15) is 0 Å². The van der Waals surface area contributed by atoms with E-state index in [1.807, 2.05) is 29.1 Å². The summed E-state index contributed by atoms with van der Waals surface area (Å²) in [5.41, 5.74) is 10.3. The molecule has 4 aromatic carbocycles. The first kappa shape index (κ1) is 31.4. The van der Waals surface area contributed by atoms with Gasteiger partial charge in [0.05, 0.1) is 22.4 Å². The summed E-state index contributed by atoms with van der Waals surface area (Å²) in [6.45, 7) is 13.3. The summed E-state index contributed by atoms with van der Waals surface area (Å²) in [4.78, 5) is 4.89. The first-order valence-corrected chi connectivity index (χ1v) is 17.2. The molecule has 5 nitrogen and oxygen atoms in total. The molecule has 0 saturated heterocycles. The molecule has 1 unspecified atom stereocenters. The lowest BCUT2D eigenvalue weighted by atomic mass is 9.97. The zero-order valence-electron chi connectivity index (χ0n) is 28.9. The molecule has 0 aliphatic carbocycles. The van der Waals surface area contributed by atoms with Gasteiger partial charge in [0.2, 0.25) is 0 Å². The van der Waals surface area contributed by atoms with Crippen LogP contribution >= 0.6 is 0 Å². The van der Waals surface area contributed by atoms with Crippen molar-refractivity contribution in [3.63, 3.8) is 0 Å². The van der Waals surface area contributed by atoms with Crippen LogP contribution in [0.2, 0.25) is 0 Å². The van der Waals surface area contributed by atoms with Gasteiger partial charge >= 0.3 is 0 Å². The normalized spacial score (nSPS) is 12.3. The fourth-order valence-electron chi connectivity index (χ4n) is 6.80. The van der Waals surface area contributed by atoms with Crippen molar-refractivity contribution in [1.82, 2.24) is 19.3 Å². The zero-order chi connectivity index (χ0) is 33.4. The Hall–Kier alpha value is -5.16. The predicted octanol–water partition coefficient (Wildman–Crippen LogP) is 11.5. The number of nitrogens with zero attached hydrogens (tertiary/aromatic N) is 4. The standard InChI is InChI=1S/C43H44N4O/c1-7-29(4)34-18-21-40-39(25-34)38-20-19-37(27-41(38)46(40)42-24-32(22-23-44-42)17-16-28(2)3)48-36-15-11-14-35(26-36)47-31(6)43(30(5)45-47)33-12-9-8-10-13-33/h8-15,18-29H,7,16-17H2,1-6H3. The Kier molecular flexibility index (Phi) is 8.62. The van der Waals surface area contributed by atoms with E-state index in [0.29, 0.717) is 11.8 Å². The number of hydrogen-bond acceptors (Lipinski definition) is 3. The molecule has 3 heterocycles. The summed E-state index contributed by atoms with van der Waals surface area (Å²) in [5, 5.41) is 7.36. The van der Waals surface area contributed by atoms with Crippen molar-refractivity contribution >= 4 is 21.8 Å². The van der Waals surface area contributed by atoms with Crippen LogP contribution in [0.3, 0.4) is 0 Å². The van der Waals surface area contributed by atoms with Gasteiger partial charge in [0.25, 0.3) is 0 Å². The minimum absolute atomic E-state index is 0.492. The molecule has 0 saturated carbocycles. The van der Waals surface area contributed by atoms with Gasteiger partial charge in [0.1, 0.15) is 17.3 Å². The van der Waals surface area contributed by atoms with Gasteiger partial charge in [-0.1, -0.05) is 70.2 Å².